The van der Waals surface area contributed by atoms with Gasteiger partial charge in [0, 0.05) is 50.3 Å². The molecule has 0 aliphatic carbocycles. The average Bonchev–Trinajstić information content (AvgIpc) is 2.63. The molecular formula is C18H26N6. The fourth-order valence-electron chi connectivity index (χ4n) is 2.88. The van der Waals surface area contributed by atoms with Gasteiger partial charge in [0.15, 0.2) is 0 Å². The van der Waals surface area contributed by atoms with Crippen molar-refractivity contribution in [2.45, 2.75) is 32.6 Å². The van der Waals surface area contributed by atoms with Gasteiger partial charge >= 0.3 is 0 Å². The highest BCUT2D eigenvalue weighted by atomic mass is 15.3. The summed E-state index contributed by atoms with van der Waals surface area (Å²) in [5.74, 6) is 1.79. The van der Waals surface area contributed by atoms with Gasteiger partial charge in [0.25, 0.3) is 0 Å². The monoisotopic (exact) mass is 326 g/mol. The fourth-order valence-corrected chi connectivity index (χ4v) is 2.88. The first-order valence-electron chi connectivity index (χ1n) is 8.80. The van der Waals surface area contributed by atoms with Crippen molar-refractivity contribution in [3.8, 4) is 0 Å². The quantitative estimate of drug-likeness (QED) is 0.762. The van der Waals surface area contributed by atoms with Crippen molar-refractivity contribution in [3.05, 3.63) is 36.3 Å². The molecule has 1 fully saturated rings. The van der Waals surface area contributed by atoms with Crippen LogP contribution in [0.1, 0.15) is 31.4 Å². The smallest absolute Gasteiger partial charge is 0.227 e. The number of nitrogens with one attached hydrogen (secondary N) is 2. The second kappa shape index (κ2) is 8.47. The molecule has 0 aromatic carbocycles. The second-order valence-corrected chi connectivity index (χ2v) is 6.19. The summed E-state index contributed by atoms with van der Waals surface area (Å²) in [5.41, 5.74) is 2.07. The van der Waals surface area contributed by atoms with Gasteiger partial charge in [-0.3, -0.25) is 4.98 Å². The number of rotatable bonds is 7. The van der Waals surface area contributed by atoms with Crippen LogP contribution in [0.2, 0.25) is 0 Å². The molecule has 3 heterocycles. The molecule has 2 aromatic heterocycles. The molecule has 6 heteroatoms. The minimum atomic E-state index is 0.866. The summed E-state index contributed by atoms with van der Waals surface area (Å²) in [5, 5.41) is 6.78. The number of piperidine rings is 1. The van der Waals surface area contributed by atoms with E-state index in [1.165, 1.54) is 19.3 Å². The number of nitrogens with zero attached hydrogens (tertiary/aromatic N) is 4. The maximum Gasteiger partial charge on any atom is 0.227 e. The molecule has 0 bridgehead atoms. The predicted octanol–water partition coefficient (Wildman–Crippen LogP) is 3.08. The molecule has 24 heavy (non-hydrogen) atoms. The topological polar surface area (TPSA) is 66.0 Å². The Hall–Kier alpha value is -2.37. The van der Waals surface area contributed by atoms with Crippen molar-refractivity contribution in [2.75, 3.05) is 41.7 Å². The van der Waals surface area contributed by atoms with Gasteiger partial charge in [0.2, 0.25) is 5.95 Å². The Labute approximate surface area is 143 Å². The van der Waals surface area contributed by atoms with E-state index in [9.17, 15) is 0 Å². The SMILES string of the molecule is Cc1cc(NCCCNc2cccnc2)nc(N2CCCCC2)n1. The summed E-state index contributed by atoms with van der Waals surface area (Å²) in [7, 11) is 0. The number of aryl methyl sites for hydroxylation is 1. The van der Waals surface area contributed by atoms with Crippen LogP contribution in [0.4, 0.5) is 17.5 Å². The maximum absolute atomic E-state index is 4.69. The number of anilines is 3. The molecule has 0 spiro atoms. The van der Waals surface area contributed by atoms with E-state index in [0.717, 1.165) is 55.7 Å². The van der Waals surface area contributed by atoms with Gasteiger partial charge in [-0.15, -0.1) is 0 Å². The second-order valence-electron chi connectivity index (χ2n) is 6.19. The first kappa shape index (κ1) is 16.5. The fraction of sp³-hybridized carbons (Fsp3) is 0.500. The highest BCUT2D eigenvalue weighted by Crippen LogP contribution is 2.18. The van der Waals surface area contributed by atoms with E-state index in [-0.39, 0.29) is 0 Å². The van der Waals surface area contributed by atoms with E-state index in [1.54, 1.807) is 6.20 Å². The standard InChI is InChI=1S/C18H26N6/c1-15-13-17(23-18(22-15)24-11-3-2-4-12-24)21-10-6-9-20-16-7-5-8-19-14-16/h5,7-8,13-14,20H,2-4,6,9-12H2,1H3,(H,21,22,23). The summed E-state index contributed by atoms with van der Waals surface area (Å²) in [6.07, 6.45) is 8.42. The van der Waals surface area contributed by atoms with Crippen molar-refractivity contribution in [1.29, 1.82) is 0 Å². The zero-order chi connectivity index (χ0) is 16.6. The van der Waals surface area contributed by atoms with E-state index in [1.807, 2.05) is 31.3 Å². The number of hydrogen-bond donors (Lipinski definition) is 2. The molecular weight excluding hydrogens is 300 g/mol. The summed E-state index contributed by atoms with van der Waals surface area (Å²) in [4.78, 5) is 15.7. The van der Waals surface area contributed by atoms with Gasteiger partial charge < -0.3 is 15.5 Å². The first-order chi connectivity index (χ1) is 11.8. The van der Waals surface area contributed by atoms with Crippen LogP contribution in [-0.4, -0.2) is 41.1 Å². The van der Waals surface area contributed by atoms with E-state index >= 15 is 0 Å². The van der Waals surface area contributed by atoms with Crippen molar-refractivity contribution >= 4 is 17.5 Å². The van der Waals surface area contributed by atoms with Crippen molar-refractivity contribution in [2.24, 2.45) is 0 Å². The van der Waals surface area contributed by atoms with Crippen molar-refractivity contribution < 1.29 is 0 Å². The molecule has 0 amide bonds. The van der Waals surface area contributed by atoms with Crippen LogP contribution < -0.4 is 15.5 Å². The summed E-state index contributed by atoms with van der Waals surface area (Å²) in [6.45, 7) is 5.95. The van der Waals surface area contributed by atoms with E-state index in [2.05, 4.69) is 30.5 Å². The van der Waals surface area contributed by atoms with Crippen LogP contribution in [0.15, 0.2) is 30.6 Å². The lowest BCUT2D eigenvalue weighted by Gasteiger charge is -2.27. The molecule has 6 nitrogen and oxygen atoms in total. The Balaban J connectivity index is 1.47. The van der Waals surface area contributed by atoms with E-state index in [4.69, 9.17) is 0 Å². The normalized spacial score (nSPS) is 14.5. The molecule has 1 aliphatic heterocycles. The number of hydrogen-bond acceptors (Lipinski definition) is 6. The van der Waals surface area contributed by atoms with Crippen molar-refractivity contribution in [3.63, 3.8) is 0 Å². The Morgan fingerprint density at radius 1 is 1.08 bits per heavy atom. The molecule has 0 radical (unpaired) electrons. The molecule has 2 aromatic rings. The zero-order valence-corrected chi connectivity index (χ0v) is 14.3. The van der Waals surface area contributed by atoms with Gasteiger partial charge in [-0.25, -0.2) is 4.98 Å². The van der Waals surface area contributed by atoms with Gasteiger partial charge in [-0.2, -0.15) is 4.98 Å². The molecule has 128 valence electrons. The van der Waals surface area contributed by atoms with Crippen LogP contribution in [-0.2, 0) is 0 Å². The largest absolute Gasteiger partial charge is 0.384 e. The van der Waals surface area contributed by atoms with Crippen LogP contribution in [0.25, 0.3) is 0 Å². The van der Waals surface area contributed by atoms with Gasteiger partial charge in [0.1, 0.15) is 5.82 Å². The lowest BCUT2D eigenvalue weighted by atomic mass is 10.1. The molecule has 1 saturated heterocycles. The molecule has 0 saturated carbocycles. The Morgan fingerprint density at radius 2 is 1.92 bits per heavy atom. The summed E-state index contributed by atoms with van der Waals surface area (Å²) < 4.78 is 0. The highest BCUT2D eigenvalue weighted by molar-refractivity contribution is 5.44. The van der Waals surface area contributed by atoms with Crippen LogP contribution in [0.3, 0.4) is 0 Å². The number of pyridine rings is 1. The van der Waals surface area contributed by atoms with Gasteiger partial charge in [-0.05, 0) is 44.7 Å². The maximum atomic E-state index is 4.69. The minimum Gasteiger partial charge on any atom is -0.384 e. The predicted molar refractivity (Wildman–Crippen MR) is 98.7 cm³/mol. The molecule has 3 rings (SSSR count). The van der Waals surface area contributed by atoms with E-state index < -0.39 is 0 Å². The average molecular weight is 326 g/mol. The van der Waals surface area contributed by atoms with Gasteiger partial charge in [-0.1, -0.05) is 0 Å². The van der Waals surface area contributed by atoms with Crippen LogP contribution >= 0.6 is 0 Å². The third kappa shape index (κ3) is 4.81. The number of aromatic nitrogens is 3. The van der Waals surface area contributed by atoms with E-state index in [0.29, 0.717) is 0 Å². The molecule has 0 unspecified atom stereocenters. The lowest BCUT2D eigenvalue weighted by molar-refractivity contribution is 0.568. The third-order valence-electron chi connectivity index (χ3n) is 4.13. The Morgan fingerprint density at radius 3 is 2.71 bits per heavy atom. The van der Waals surface area contributed by atoms with Gasteiger partial charge in [0.05, 0.1) is 5.69 Å². The highest BCUT2D eigenvalue weighted by Gasteiger charge is 2.14. The van der Waals surface area contributed by atoms with Crippen molar-refractivity contribution in [1.82, 2.24) is 15.0 Å². The summed E-state index contributed by atoms with van der Waals surface area (Å²) in [6, 6.07) is 5.98. The first-order valence-corrected chi connectivity index (χ1v) is 8.80. The Kier molecular flexibility index (Phi) is 5.82. The molecule has 2 N–H and O–H groups in total. The van der Waals surface area contributed by atoms with Crippen LogP contribution in [0, 0.1) is 6.92 Å². The molecule has 0 atom stereocenters. The zero-order valence-electron chi connectivity index (χ0n) is 14.3. The lowest BCUT2D eigenvalue weighted by Crippen LogP contribution is -2.31. The summed E-state index contributed by atoms with van der Waals surface area (Å²) >= 11 is 0. The van der Waals surface area contributed by atoms with Crippen LogP contribution in [0.5, 0.6) is 0 Å². The minimum absolute atomic E-state index is 0.866. The Bertz CT molecular complexity index is 625. The molecule has 1 aliphatic rings. The third-order valence-corrected chi connectivity index (χ3v) is 4.13.